The van der Waals surface area contributed by atoms with Gasteiger partial charge in [-0.25, -0.2) is 0 Å². The molecule has 0 aliphatic heterocycles. The second kappa shape index (κ2) is 13.8. The van der Waals surface area contributed by atoms with Crippen molar-refractivity contribution in [3.05, 3.63) is 121 Å². The smallest absolute Gasteiger partial charge is 0.266 e. The summed E-state index contributed by atoms with van der Waals surface area (Å²) in [6, 6.07) is 30.4. The summed E-state index contributed by atoms with van der Waals surface area (Å²) in [5.74, 6) is 1.16. The number of halogens is 2. The van der Waals surface area contributed by atoms with Crippen LogP contribution in [0.4, 0.5) is 5.69 Å². The Balaban J connectivity index is 1.42. The van der Waals surface area contributed by atoms with Gasteiger partial charge in [-0.15, -0.1) is 0 Å². The van der Waals surface area contributed by atoms with Crippen molar-refractivity contribution in [3.63, 3.8) is 0 Å². The van der Waals surface area contributed by atoms with Crippen LogP contribution < -0.4 is 19.5 Å². The number of carbonyl (C=O) groups is 1. The standard InChI is InChI=1S/C31H24BrIN2O4/c1-37-29-17-23(16-28(32)30(29)39-20-22-7-9-25(33)10-8-22)15-24(18-34)31(36)35-26-11-13-27(14-12-26)38-19-21-5-3-2-4-6-21/h2-17H,19-20H2,1H3,(H,35,36)/b24-15+. The predicted octanol–water partition coefficient (Wildman–Crippen LogP) is 7.77. The molecule has 0 radical (unpaired) electrons. The molecule has 6 nitrogen and oxygen atoms in total. The molecule has 4 aromatic carbocycles. The van der Waals surface area contributed by atoms with Crippen LogP contribution in [0.25, 0.3) is 6.08 Å². The number of nitrogens with zero attached hydrogens (tertiary/aromatic N) is 1. The molecule has 0 saturated heterocycles. The average Bonchev–Trinajstić information content (AvgIpc) is 2.96. The molecule has 0 atom stereocenters. The van der Waals surface area contributed by atoms with Gasteiger partial charge in [-0.2, -0.15) is 5.26 Å². The first-order chi connectivity index (χ1) is 18.9. The molecule has 0 unspecified atom stereocenters. The molecule has 0 heterocycles. The maximum Gasteiger partial charge on any atom is 0.266 e. The van der Waals surface area contributed by atoms with E-state index in [0.29, 0.717) is 46.2 Å². The van der Waals surface area contributed by atoms with Crippen LogP contribution in [0.5, 0.6) is 17.2 Å². The molecule has 4 aromatic rings. The number of nitriles is 1. The molecule has 4 rings (SSSR count). The van der Waals surface area contributed by atoms with E-state index in [4.69, 9.17) is 14.2 Å². The highest BCUT2D eigenvalue weighted by atomic mass is 127. The highest BCUT2D eigenvalue weighted by Gasteiger charge is 2.14. The van der Waals surface area contributed by atoms with Gasteiger partial charge in [0.1, 0.15) is 30.6 Å². The summed E-state index contributed by atoms with van der Waals surface area (Å²) in [5, 5.41) is 12.4. The number of ether oxygens (including phenoxy) is 3. The lowest BCUT2D eigenvalue weighted by molar-refractivity contribution is -0.112. The zero-order valence-electron chi connectivity index (χ0n) is 21.0. The van der Waals surface area contributed by atoms with Crippen molar-refractivity contribution in [2.75, 3.05) is 12.4 Å². The number of carbonyl (C=O) groups excluding carboxylic acids is 1. The first kappa shape index (κ1) is 28.2. The highest BCUT2D eigenvalue weighted by Crippen LogP contribution is 2.38. The number of hydrogen-bond acceptors (Lipinski definition) is 5. The maximum absolute atomic E-state index is 12.8. The number of amides is 1. The van der Waals surface area contributed by atoms with Crippen LogP contribution in [0.1, 0.15) is 16.7 Å². The predicted molar refractivity (Wildman–Crippen MR) is 164 cm³/mol. The van der Waals surface area contributed by atoms with E-state index in [1.54, 1.807) is 36.4 Å². The summed E-state index contributed by atoms with van der Waals surface area (Å²) in [5.41, 5.74) is 3.18. The third kappa shape index (κ3) is 8.09. The minimum absolute atomic E-state index is 0.0547. The summed E-state index contributed by atoms with van der Waals surface area (Å²) >= 11 is 5.79. The van der Waals surface area contributed by atoms with Gasteiger partial charge in [0, 0.05) is 9.26 Å². The number of rotatable bonds is 10. The summed E-state index contributed by atoms with van der Waals surface area (Å²) < 4.78 is 19.1. The third-order valence-corrected chi connectivity index (χ3v) is 6.89. The first-order valence-electron chi connectivity index (χ1n) is 11.9. The van der Waals surface area contributed by atoms with Gasteiger partial charge in [0.25, 0.3) is 5.91 Å². The Morgan fingerprint density at radius 3 is 2.28 bits per heavy atom. The van der Waals surface area contributed by atoms with E-state index in [-0.39, 0.29) is 5.57 Å². The fraction of sp³-hybridized carbons (Fsp3) is 0.0968. The lowest BCUT2D eigenvalue weighted by Crippen LogP contribution is -2.13. The van der Waals surface area contributed by atoms with Crippen LogP contribution >= 0.6 is 38.5 Å². The van der Waals surface area contributed by atoms with Crippen molar-refractivity contribution in [1.82, 2.24) is 0 Å². The highest BCUT2D eigenvalue weighted by molar-refractivity contribution is 14.1. The van der Waals surface area contributed by atoms with Crippen LogP contribution in [-0.2, 0) is 18.0 Å². The van der Waals surface area contributed by atoms with Crippen LogP contribution in [0.3, 0.4) is 0 Å². The van der Waals surface area contributed by atoms with Crippen LogP contribution in [0, 0.1) is 14.9 Å². The monoisotopic (exact) mass is 694 g/mol. The Morgan fingerprint density at radius 2 is 1.62 bits per heavy atom. The van der Waals surface area contributed by atoms with E-state index >= 15 is 0 Å². The van der Waals surface area contributed by atoms with E-state index in [1.807, 2.05) is 60.7 Å². The quantitative estimate of drug-likeness (QED) is 0.104. The number of anilines is 1. The number of nitrogens with one attached hydrogen (secondary N) is 1. The minimum atomic E-state index is -0.524. The molecular formula is C31H24BrIN2O4. The molecule has 8 heteroatoms. The molecule has 39 heavy (non-hydrogen) atoms. The van der Waals surface area contributed by atoms with Gasteiger partial charge in [-0.3, -0.25) is 4.79 Å². The Morgan fingerprint density at radius 1 is 0.949 bits per heavy atom. The van der Waals surface area contributed by atoms with Crippen molar-refractivity contribution in [1.29, 1.82) is 5.26 Å². The second-order valence-electron chi connectivity index (χ2n) is 8.37. The lowest BCUT2D eigenvalue weighted by atomic mass is 10.1. The van der Waals surface area contributed by atoms with E-state index in [0.717, 1.165) is 14.7 Å². The fourth-order valence-corrected chi connectivity index (χ4v) is 4.52. The molecule has 196 valence electrons. The largest absolute Gasteiger partial charge is 0.493 e. The maximum atomic E-state index is 12.8. The SMILES string of the molecule is COc1cc(/C=C(\C#N)C(=O)Nc2ccc(OCc3ccccc3)cc2)cc(Br)c1OCc1ccc(I)cc1. The van der Waals surface area contributed by atoms with Gasteiger partial charge in [-0.05, 0) is 110 Å². The van der Waals surface area contributed by atoms with Gasteiger partial charge >= 0.3 is 0 Å². The van der Waals surface area contributed by atoms with Gasteiger partial charge in [0.15, 0.2) is 11.5 Å². The Hall–Kier alpha value is -3.81. The van der Waals surface area contributed by atoms with Crippen molar-refractivity contribution in [3.8, 4) is 23.3 Å². The van der Waals surface area contributed by atoms with Crippen molar-refractivity contribution in [2.45, 2.75) is 13.2 Å². The molecule has 0 bridgehead atoms. The van der Waals surface area contributed by atoms with Gasteiger partial charge < -0.3 is 19.5 Å². The van der Waals surface area contributed by atoms with Crippen molar-refractivity contribution >= 4 is 56.2 Å². The summed E-state index contributed by atoms with van der Waals surface area (Å²) in [7, 11) is 1.54. The Kier molecular flexibility index (Phi) is 10.00. The van der Waals surface area contributed by atoms with Gasteiger partial charge in [0.2, 0.25) is 0 Å². The zero-order valence-corrected chi connectivity index (χ0v) is 24.7. The zero-order chi connectivity index (χ0) is 27.6. The molecule has 0 saturated carbocycles. The number of hydrogen-bond donors (Lipinski definition) is 1. The number of methoxy groups -OCH3 is 1. The van der Waals surface area contributed by atoms with Gasteiger partial charge in [-0.1, -0.05) is 42.5 Å². The molecule has 0 spiro atoms. The Labute approximate surface area is 249 Å². The summed E-state index contributed by atoms with van der Waals surface area (Å²) in [6.45, 7) is 0.811. The summed E-state index contributed by atoms with van der Waals surface area (Å²) in [6.07, 6.45) is 1.50. The van der Waals surface area contributed by atoms with Crippen LogP contribution in [0.2, 0.25) is 0 Å². The van der Waals surface area contributed by atoms with E-state index < -0.39 is 5.91 Å². The topological polar surface area (TPSA) is 80.6 Å². The first-order valence-corrected chi connectivity index (χ1v) is 13.8. The fourth-order valence-electron chi connectivity index (χ4n) is 3.59. The molecule has 1 N–H and O–H groups in total. The molecule has 1 amide bonds. The van der Waals surface area contributed by atoms with Crippen LogP contribution in [-0.4, -0.2) is 13.0 Å². The van der Waals surface area contributed by atoms with Crippen molar-refractivity contribution < 1.29 is 19.0 Å². The summed E-state index contributed by atoms with van der Waals surface area (Å²) in [4.78, 5) is 12.8. The normalized spacial score (nSPS) is 10.9. The van der Waals surface area contributed by atoms with E-state index in [9.17, 15) is 10.1 Å². The van der Waals surface area contributed by atoms with E-state index in [2.05, 4.69) is 43.8 Å². The molecule has 0 aromatic heterocycles. The van der Waals surface area contributed by atoms with Crippen LogP contribution in [0.15, 0.2) is 101 Å². The molecule has 0 fully saturated rings. The molecular weight excluding hydrogens is 671 g/mol. The third-order valence-electron chi connectivity index (χ3n) is 5.58. The Bertz CT molecular complexity index is 1500. The average molecular weight is 695 g/mol. The number of benzene rings is 4. The lowest BCUT2D eigenvalue weighted by Gasteiger charge is -2.14. The molecule has 0 aliphatic rings. The second-order valence-corrected chi connectivity index (χ2v) is 10.5. The molecule has 0 aliphatic carbocycles. The van der Waals surface area contributed by atoms with Crippen molar-refractivity contribution in [2.24, 2.45) is 0 Å². The van der Waals surface area contributed by atoms with Gasteiger partial charge in [0.05, 0.1) is 11.6 Å². The minimum Gasteiger partial charge on any atom is -0.493 e. The van der Waals surface area contributed by atoms with E-state index in [1.165, 1.54) is 13.2 Å².